The van der Waals surface area contributed by atoms with Crippen LogP contribution in [0.5, 0.6) is 5.75 Å². The summed E-state index contributed by atoms with van der Waals surface area (Å²) < 4.78 is 7.83. The summed E-state index contributed by atoms with van der Waals surface area (Å²) in [6.07, 6.45) is 4.93. The van der Waals surface area contributed by atoms with Crippen LogP contribution in [0.25, 0.3) is 5.69 Å². The molecule has 6 rings (SSSR count). The summed E-state index contributed by atoms with van der Waals surface area (Å²) >= 11 is 0. The molecule has 1 saturated heterocycles. The van der Waals surface area contributed by atoms with Gasteiger partial charge in [-0.25, -0.2) is 0 Å². The van der Waals surface area contributed by atoms with E-state index in [9.17, 15) is 5.26 Å². The predicted octanol–water partition coefficient (Wildman–Crippen LogP) is 6.10. The number of nitriles is 1. The number of fused-ring (bicyclic) bond motifs is 4. The fraction of sp³-hybridized carbons (Fsp3) is 0.281. The monoisotopic (exact) mass is 488 g/mol. The average Bonchev–Trinajstić information content (AvgIpc) is 3.47. The quantitative estimate of drug-likeness (QED) is 0.356. The van der Waals surface area contributed by atoms with Crippen molar-refractivity contribution in [3.05, 3.63) is 114 Å². The van der Waals surface area contributed by atoms with Crippen molar-refractivity contribution in [2.45, 2.75) is 30.2 Å². The lowest BCUT2D eigenvalue weighted by Crippen LogP contribution is -2.50. The Morgan fingerprint density at radius 1 is 0.919 bits per heavy atom. The van der Waals surface area contributed by atoms with Crippen LogP contribution >= 0.6 is 0 Å². The number of methoxy groups -OCH3 is 1. The number of nitrogens with one attached hydrogen (secondary N) is 1. The van der Waals surface area contributed by atoms with Crippen molar-refractivity contribution >= 4 is 5.69 Å². The second-order valence-corrected chi connectivity index (χ2v) is 10.2. The van der Waals surface area contributed by atoms with Crippen molar-refractivity contribution < 1.29 is 4.74 Å². The second kappa shape index (κ2) is 9.46. The largest absolute Gasteiger partial charge is 0.497 e. The van der Waals surface area contributed by atoms with E-state index >= 15 is 0 Å². The molecule has 0 saturated carbocycles. The number of nitrogens with zero attached hydrogens (tertiary/aromatic N) is 3. The molecule has 0 unspecified atom stereocenters. The number of hydrogen-bond acceptors (Lipinski definition) is 4. The third kappa shape index (κ3) is 3.98. The zero-order valence-electron chi connectivity index (χ0n) is 21.2. The summed E-state index contributed by atoms with van der Waals surface area (Å²) in [5.41, 5.74) is 4.97. The topological polar surface area (TPSA) is 53.2 Å². The molecule has 0 atom stereocenters. The maximum Gasteiger partial charge on any atom is 0.121 e. The van der Waals surface area contributed by atoms with Gasteiger partial charge in [0, 0.05) is 37.6 Å². The van der Waals surface area contributed by atoms with E-state index < -0.39 is 5.41 Å². The van der Waals surface area contributed by atoms with Gasteiger partial charge in [-0.05, 0) is 54.7 Å². The van der Waals surface area contributed by atoms with Crippen LogP contribution in [0.3, 0.4) is 0 Å². The van der Waals surface area contributed by atoms with Crippen molar-refractivity contribution in [2.75, 3.05) is 32.1 Å². The molecule has 3 heterocycles. The maximum absolute atomic E-state index is 10.5. The molecule has 3 aromatic carbocycles. The molecule has 186 valence electrons. The Labute approximate surface area is 218 Å². The summed E-state index contributed by atoms with van der Waals surface area (Å²) in [4.78, 5) is 2.53. The molecule has 5 heteroatoms. The van der Waals surface area contributed by atoms with E-state index in [0.717, 1.165) is 61.5 Å². The zero-order chi connectivity index (χ0) is 25.3. The molecule has 0 radical (unpaired) electrons. The van der Waals surface area contributed by atoms with E-state index in [0.29, 0.717) is 0 Å². The Morgan fingerprint density at radius 2 is 1.59 bits per heavy atom. The van der Waals surface area contributed by atoms with Crippen LogP contribution in [0, 0.1) is 11.3 Å². The molecule has 0 amide bonds. The van der Waals surface area contributed by atoms with Gasteiger partial charge in [0.25, 0.3) is 0 Å². The first kappa shape index (κ1) is 23.4. The Hall–Kier alpha value is -4.01. The van der Waals surface area contributed by atoms with Crippen LogP contribution in [0.1, 0.15) is 36.1 Å². The normalized spacial score (nSPS) is 16.3. The first-order valence-corrected chi connectivity index (χ1v) is 13.1. The van der Waals surface area contributed by atoms with Crippen LogP contribution in [-0.4, -0.2) is 36.2 Å². The summed E-state index contributed by atoms with van der Waals surface area (Å²) in [5, 5.41) is 14.4. The predicted molar refractivity (Wildman–Crippen MR) is 147 cm³/mol. The highest BCUT2D eigenvalue weighted by Crippen LogP contribution is 2.45. The summed E-state index contributed by atoms with van der Waals surface area (Å²) in [5.74, 6) is 0.865. The van der Waals surface area contributed by atoms with Gasteiger partial charge < -0.3 is 19.5 Å². The molecule has 1 aromatic heterocycles. The molecule has 1 N–H and O–H groups in total. The maximum atomic E-state index is 10.5. The Morgan fingerprint density at radius 3 is 2.22 bits per heavy atom. The van der Waals surface area contributed by atoms with Crippen LogP contribution in [0.15, 0.2) is 97.2 Å². The van der Waals surface area contributed by atoms with E-state index in [1.165, 1.54) is 11.4 Å². The van der Waals surface area contributed by atoms with E-state index in [2.05, 4.69) is 75.6 Å². The number of piperidine rings is 1. The van der Waals surface area contributed by atoms with Gasteiger partial charge in [0.05, 0.1) is 30.1 Å². The average molecular weight is 489 g/mol. The SMILES string of the molecule is COc1ccc2c(c1)NC1(CCN(CCC(C#N)(c3ccccc3)c3ccccc3)CC1)c1cccn1-2. The summed E-state index contributed by atoms with van der Waals surface area (Å²) in [6, 6.07) is 33.9. The Balaban J connectivity index is 1.22. The fourth-order valence-corrected chi connectivity index (χ4v) is 6.21. The number of benzene rings is 3. The highest BCUT2D eigenvalue weighted by Gasteiger charge is 2.42. The van der Waals surface area contributed by atoms with Crippen LogP contribution in [0.4, 0.5) is 5.69 Å². The van der Waals surface area contributed by atoms with E-state index in [4.69, 9.17) is 4.74 Å². The molecule has 2 aliphatic rings. The third-order valence-corrected chi connectivity index (χ3v) is 8.31. The molecule has 37 heavy (non-hydrogen) atoms. The molecule has 5 nitrogen and oxygen atoms in total. The lowest BCUT2D eigenvalue weighted by molar-refractivity contribution is 0.162. The van der Waals surface area contributed by atoms with Crippen molar-refractivity contribution in [3.8, 4) is 17.5 Å². The van der Waals surface area contributed by atoms with Gasteiger partial charge in [0.2, 0.25) is 0 Å². The minimum Gasteiger partial charge on any atom is -0.497 e. The molecule has 0 aliphatic carbocycles. The summed E-state index contributed by atoms with van der Waals surface area (Å²) in [7, 11) is 1.71. The first-order valence-electron chi connectivity index (χ1n) is 13.1. The van der Waals surface area contributed by atoms with Crippen LogP contribution in [0.2, 0.25) is 0 Å². The number of rotatable bonds is 6. The Bertz CT molecular complexity index is 1370. The van der Waals surface area contributed by atoms with Gasteiger partial charge in [-0.15, -0.1) is 0 Å². The Kier molecular flexibility index (Phi) is 5.98. The molecule has 0 bridgehead atoms. The lowest BCUT2D eigenvalue weighted by Gasteiger charge is -2.46. The van der Waals surface area contributed by atoms with Crippen molar-refractivity contribution in [1.29, 1.82) is 5.26 Å². The van der Waals surface area contributed by atoms with E-state index in [1.54, 1.807) is 7.11 Å². The molecular weight excluding hydrogens is 456 g/mol. The van der Waals surface area contributed by atoms with Gasteiger partial charge in [0.15, 0.2) is 0 Å². The number of anilines is 1. The number of aromatic nitrogens is 1. The minimum absolute atomic E-state index is 0.107. The highest BCUT2D eigenvalue weighted by atomic mass is 16.5. The zero-order valence-corrected chi connectivity index (χ0v) is 21.2. The van der Waals surface area contributed by atoms with E-state index in [-0.39, 0.29) is 5.54 Å². The highest BCUT2D eigenvalue weighted by molar-refractivity contribution is 5.69. The first-order chi connectivity index (χ1) is 18.2. The minimum atomic E-state index is -0.662. The smallest absolute Gasteiger partial charge is 0.121 e. The lowest BCUT2D eigenvalue weighted by atomic mass is 9.73. The fourth-order valence-electron chi connectivity index (χ4n) is 6.21. The molecule has 2 aliphatic heterocycles. The van der Waals surface area contributed by atoms with Crippen LogP contribution < -0.4 is 10.1 Å². The number of likely N-dealkylation sites (tertiary alicyclic amines) is 1. The molecule has 1 spiro atoms. The van der Waals surface area contributed by atoms with Gasteiger partial charge in [-0.2, -0.15) is 5.26 Å². The number of hydrogen-bond donors (Lipinski definition) is 1. The third-order valence-electron chi connectivity index (χ3n) is 8.31. The van der Waals surface area contributed by atoms with Gasteiger partial charge in [0.1, 0.15) is 11.2 Å². The second-order valence-electron chi connectivity index (χ2n) is 10.2. The van der Waals surface area contributed by atoms with E-state index in [1.807, 2.05) is 42.5 Å². The number of ether oxygens (including phenoxy) is 1. The van der Waals surface area contributed by atoms with Crippen molar-refractivity contribution in [2.24, 2.45) is 0 Å². The van der Waals surface area contributed by atoms with Crippen molar-refractivity contribution in [3.63, 3.8) is 0 Å². The van der Waals surface area contributed by atoms with Gasteiger partial charge in [-0.3, -0.25) is 0 Å². The summed E-state index contributed by atoms with van der Waals surface area (Å²) in [6.45, 7) is 2.82. The van der Waals surface area contributed by atoms with Gasteiger partial charge >= 0.3 is 0 Å². The van der Waals surface area contributed by atoms with Gasteiger partial charge in [-0.1, -0.05) is 60.7 Å². The molecule has 4 aromatic rings. The van der Waals surface area contributed by atoms with Crippen molar-refractivity contribution in [1.82, 2.24) is 9.47 Å². The van der Waals surface area contributed by atoms with Crippen LogP contribution in [-0.2, 0) is 11.0 Å². The molecule has 1 fully saturated rings. The standard InChI is InChI=1S/C32H32N4O/c1-37-27-14-15-29-28(23-27)34-32(30-13-8-19-36(29)30)17-21-35(22-18-32)20-16-31(24-33,25-9-4-2-5-10-25)26-11-6-3-7-12-26/h2-15,19,23,34H,16-18,20-22H2,1H3. The molecular formula is C32H32N4O.